The van der Waals surface area contributed by atoms with Crippen molar-refractivity contribution < 1.29 is 0 Å². The topological polar surface area (TPSA) is 37.8 Å². The van der Waals surface area contributed by atoms with Crippen molar-refractivity contribution in [3.05, 3.63) is 46.1 Å². The fourth-order valence-electron chi connectivity index (χ4n) is 2.05. The average Bonchev–Trinajstić information content (AvgIpc) is 2.81. The van der Waals surface area contributed by atoms with Gasteiger partial charge in [0.25, 0.3) is 0 Å². The van der Waals surface area contributed by atoms with Crippen LogP contribution in [0.2, 0.25) is 5.28 Å². The SMILES string of the molecule is Cc1cccc(C)c1Nc1nc(Cl)nc2sccc12. The fourth-order valence-corrected chi connectivity index (χ4v) is 3.04. The molecule has 0 aliphatic carbocycles. The molecule has 0 atom stereocenters. The van der Waals surface area contributed by atoms with Crippen LogP contribution in [0.15, 0.2) is 29.6 Å². The summed E-state index contributed by atoms with van der Waals surface area (Å²) in [4.78, 5) is 9.41. The third-order valence-corrected chi connectivity index (χ3v) is 4.00. The molecule has 3 rings (SSSR count). The summed E-state index contributed by atoms with van der Waals surface area (Å²) < 4.78 is 0. The number of aryl methyl sites for hydroxylation is 2. The van der Waals surface area contributed by atoms with E-state index in [1.165, 1.54) is 11.1 Å². The molecule has 5 heteroatoms. The summed E-state index contributed by atoms with van der Waals surface area (Å²) in [5.74, 6) is 0.758. The summed E-state index contributed by atoms with van der Waals surface area (Å²) in [6.07, 6.45) is 0. The molecule has 2 aromatic heterocycles. The van der Waals surface area contributed by atoms with Gasteiger partial charge in [-0.25, -0.2) is 4.98 Å². The second-order valence-electron chi connectivity index (χ2n) is 4.37. The number of thiophene rings is 1. The lowest BCUT2D eigenvalue weighted by atomic mass is 10.1. The number of fused-ring (bicyclic) bond motifs is 1. The molecule has 96 valence electrons. The van der Waals surface area contributed by atoms with Gasteiger partial charge >= 0.3 is 0 Å². The van der Waals surface area contributed by atoms with Crippen LogP contribution in [-0.2, 0) is 0 Å². The Kier molecular flexibility index (Phi) is 3.12. The summed E-state index contributed by atoms with van der Waals surface area (Å²) in [6.45, 7) is 4.14. The largest absolute Gasteiger partial charge is 0.339 e. The predicted octanol–water partition coefficient (Wildman–Crippen LogP) is 4.71. The van der Waals surface area contributed by atoms with Gasteiger partial charge in [0.05, 0.1) is 5.39 Å². The smallest absolute Gasteiger partial charge is 0.225 e. The standard InChI is InChI=1S/C14H12ClN3S/c1-8-4-3-5-9(2)11(8)16-12-10-6-7-19-13(10)18-14(15)17-12/h3-7H,1-2H3,(H,16,17,18). The maximum atomic E-state index is 5.97. The number of halogens is 1. The van der Waals surface area contributed by atoms with Crippen LogP contribution in [0.3, 0.4) is 0 Å². The number of nitrogens with zero attached hydrogens (tertiary/aromatic N) is 2. The van der Waals surface area contributed by atoms with Gasteiger partial charge in [-0.1, -0.05) is 18.2 Å². The normalized spacial score (nSPS) is 10.9. The number of anilines is 2. The lowest BCUT2D eigenvalue weighted by molar-refractivity contribution is 1.22. The van der Waals surface area contributed by atoms with Crippen molar-refractivity contribution in [3.63, 3.8) is 0 Å². The molecule has 0 radical (unpaired) electrons. The molecule has 3 aromatic rings. The van der Waals surface area contributed by atoms with Gasteiger partial charge < -0.3 is 5.32 Å². The molecule has 19 heavy (non-hydrogen) atoms. The number of hydrogen-bond donors (Lipinski definition) is 1. The third-order valence-electron chi connectivity index (χ3n) is 3.02. The lowest BCUT2D eigenvalue weighted by Crippen LogP contribution is -1.99. The molecule has 3 nitrogen and oxygen atoms in total. The van der Waals surface area contributed by atoms with Gasteiger partial charge in [0.15, 0.2) is 0 Å². The molecule has 0 aliphatic rings. The first-order valence-corrected chi connectivity index (χ1v) is 7.15. The Morgan fingerprint density at radius 2 is 1.84 bits per heavy atom. The molecule has 0 spiro atoms. The van der Waals surface area contributed by atoms with E-state index in [1.807, 2.05) is 17.5 Å². The highest BCUT2D eigenvalue weighted by Crippen LogP contribution is 2.30. The predicted molar refractivity (Wildman–Crippen MR) is 81.6 cm³/mol. The van der Waals surface area contributed by atoms with Crippen LogP contribution < -0.4 is 5.32 Å². The molecule has 0 saturated carbocycles. The molecule has 2 heterocycles. The van der Waals surface area contributed by atoms with Gasteiger partial charge in [0.1, 0.15) is 10.6 Å². The molecular formula is C14H12ClN3S. The zero-order chi connectivity index (χ0) is 13.4. The first-order chi connectivity index (χ1) is 9.15. The molecular weight excluding hydrogens is 278 g/mol. The number of aromatic nitrogens is 2. The van der Waals surface area contributed by atoms with Gasteiger partial charge in [0.2, 0.25) is 5.28 Å². The van der Waals surface area contributed by atoms with Crippen molar-refractivity contribution in [3.8, 4) is 0 Å². The second kappa shape index (κ2) is 4.79. The Bertz CT molecular complexity index is 731. The van der Waals surface area contributed by atoms with Crippen LogP contribution in [-0.4, -0.2) is 9.97 Å². The number of para-hydroxylation sites is 1. The van der Waals surface area contributed by atoms with Crippen LogP contribution in [0.25, 0.3) is 10.2 Å². The van der Waals surface area contributed by atoms with Gasteiger partial charge in [0, 0.05) is 5.69 Å². The van der Waals surface area contributed by atoms with E-state index >= 15 is 0 Å². The summed E-state index contributed by atoms with van der Waals surface area (Å²) in [7, 11) is 0. The van der Waals surface area contributed by atoms with E-state index in [4.69, 9.17) is 11.6 Å². The highest BCUT2D eigenvalue weighted by molar-refractivity contribution is 7.16. The minimum atomic E-state index is 0.267. The van der Waals surface area contributed by atoms with E-state index in [2.05, 4.69) is 41.3 Å². The first-order valence-electron chi connectivity index (χ1n) is 5.89. The van der Waals surface area contributed by atoms with Crippen molar-refractivity contribution in [2.75, 3.05) is 5.32 Å². The molecule has 0 amide bonds. The van der Waals surface area contributed by atoms with Gasteiger partial charge in [-0.15, -0.1) is 11.3 Å². The highest BCUT2D eigenvalue weighted by Gasteiger charge is 2.10. The minimum absolute atomic E-state index is 0.267. The van der Waals surface area contributed by atoms with E-state index in [0.29, 0.717) is 0 Å². The van der Waals surface area contributed by atoms with Crippen LogP contribution in [0.4, 0.5) is 11.5 Å². The monoisotopic (exact) mass is 289 g/mol. The molecule has 0 fully saturated rings. The Balaban J connectivity index is 2.13. The van der Waals surface area contributed by atoms with E-state index < -0.39 is 0 Å². The van der Waals surface area contributed by atoms with E-state index in [-0.39, 0.29) is 5.28 Å². The molecule has 0 unspecified atom stereocenters. The van der Waals surface area contributed by atoms with Crippen molar-refractivity contribution in [2.45, 2.75) is 13.8 Å². The Morgan fingerprint density at radius 3 is 2.58 bits per heavy atom. The zero-order valence-corrected chi connectivity index (χ0v) is 12.1. The summed E-state index contributed by atoms with van der Waals surface area (Å²) in [5.41, 5.74) is 3.43. The molecule has 0 bridgehead atoms. The van der Waals surface area contributed by atoms with Gasteiger partial charge in [-0.2, -0.15) is 4.98 Å². The van der Waals surface area contributed by atoms with Crippen LogP contribution >= 0.6 is 22.9 Å². The van der Waals surface area contributed by atoms with Crippen molar-refractivity contribution in [1.29, 1.82) is 0 Å². The quantitative estimate of drug-likeness (QED) is 0.695. The summed E-state index contributed by atoms with van der Waals surface area (Å²) in [6, 6.07) is 8.20. The van der Waals surface area contributed by atoms with E-state index in [9.17, 15) is 0 Å². The number of rotatable bonds is 2. The van der Waals surface area contributed by atoms with Crippen molar-refractivity contribution in [1.82, 2.24) is 9.97 Å². The molecule has 1 N–H and O–H groups in total. The van der Waals surface area contributed by atoms with Crippen LogP contribution in [0, 0.1) is 13.8 Å². The second-order valence-corrected chi connectivity index (χ2v) is 5.61. The Hall–Kier alpha value is -1.65. The van der Waals surface area contributed by atoms with E-state index in [1.54, 1.807) is 11.3 Å². The van der Waals surface area contributed by atoms with Gasteiger partial charge in [-0.3, -0.25) is 0 Å². The lowest BCUT2D eigenvalue weighted by Gasteiger charge is -2.12. The van der Waals surface area contributed by atoms with Crippen LogP contribution in [0.1, 0.15) is 11.1 Å². The van der Waals surface area contributed by atoms with Crippen LogP contribution in [0.5, 0.6) is 0 Å². The van der Waals surface area contributed by atoms with E-state index in [0.717, 1.165) is 21.7 Å². The number of benzene rings is 1. The minimum Gasteiger partial charge on any atom is -0.339 e. The first kappa shape index (κ1) is 12.4. The Morgan fingerprint density at radius 1 is 1.11 bits per heavy atom. The Labute approximate surface area is 120 Å². The molecule has 0 aliphatic heterocycles. The van der Waals surface area contributed by atoms with Crippen molar-refractivity contribution in [2.24, 2.45) is 0 Å². The average molecular weight is 290 g/mol. The van der Waals surface area contributed by atoms with Gasteiger partial charge in [-0.05, 0) is 48.0 Å². The molecule has 0 saturated heterocycles. The number of hydrogen-bond acceptors (Lipinski definition) is 4. The summed E-state index contributed by atoms with van der Waals surface area (Å²) in [5, 5.41) is 6.64. The fraction of sp³-hybridized carbons (Fsp3) is 0.143. The maximum absolute atomic E-state index is 5.97. The number of nitrogens with one attached hydrogen (secondary N) is 1. The van der Waals surface area contributed by atoms with Crippen molar-refractivity contribution >= 4 is 44.7 Å². The maximum Gasteiger partial charge on any atom is 0.225 e. The summed E-state index contributed by atoms with van der Waals surface area (Å²) >= 11 is 7.53. The zero-order valence-electron chi connectivity index (χ0n) is 10.6. The molecule has 1 aromatic carbocycles. The highest BCUT2D eigenvalue weighted by atomic mass is 35.5. The third kappa shape index (κ3) is 2.29.